The first-order chi connectivity index (χ1) is 14.5. The minimum absolute atomic E-state index is 0.0124. The van der Waals surface area contributed by atoms with Gasteiger partial charge in [0.1, 0.15) is 11.9 Å². The molecule has 0 aliphatic heterocycles. The Kier molecular flexibility index (Phi) is 5.04. The van der Waals surface area contributed by atoms with Gasteiger partial charge in [-0.15, -0.1) is 0 Å². The van der Waals surface area contributed by atoms with E-state index in [1.54, 1.807) is 23.0 Å². The molecule has 1 fully saturated rings. The van der Waals surface area contributed by atoms with Crippen LogP contribution in [0.3, 0.4) is 0 Å². The van der Waals surface area contributed by atoms with E-state index in [4.69, 9.17) is 5.26 Å². The van der Waals surface area contributed by atoms with Crippen molar-refractivity contribution in [2.45, 2.75) is 31.2 Å². The van der Waals surface area contributed by atoms with Crippen molar-refractivity contribution in [3.8, 4) is 12.1 Å². The minimum atomic E-state index is -0.553. The maximum atomic E-state index is 13.4. The molecule has 0 radical (unpaired) electrons. The van der Waals surface area contributed by atoms with Gasteiger partial charge >= 0.3 is 0 Å². The summed E-state index contributed by atoms with van der Waals surface area (Å²) in [4.78, 5) is 12.3. The largest absolute Gasteiger partial charge is 0.309 e. The number of nitrogens with zero attached hydrogens (tertiary/aromatic N) is 4. The van der Waals surface area contributed by atoms with Crippen molar-refractivity contribution in [2.75, 3.05) is 5.32 Å². The van der Waals surface area contributed by atoms with Gasteiger partial charge < -0.3 is 5.32 Å². The second kappa shape index (κ2) is 7.81. The maximum absolute atomic E-state index is 13.4. The molecule has 0 unspecified atom stereocenters. The summed E-state index contributed by atoms with van der Waals surface area (Å²) in [5.74, 6) is -0.328. The second-order valence-electron chi connectivity index (χ2n) is 7.44. The van der Waals surface area contributed by atoms with Crippen molar-refractivity contribution in [2.24, 2.45) is 0 Å². The van der Waals surface area contributed by atoms with Crippen LogP contribution >= 0.6 is 0 Å². The van der Waals surface area contributed by atoms with Crippen molar-refractivity contribution in [1.82, 2.24) is 9.78 Å². The lowest BCUT2D eigenvalue weighted by molar-refractivity contribution is -0.115. The van der Waals surface area contributed by atoms with Gasteiger partial charge in [0.05, 0.1) is 30.0 Å². The molecule has 148 valence electrons. The molecule has 1 amide bonds. The van der Waals surface area contributed by atoms with Crippen molar-refractivity contribution in [1.29, 1.82) is 10.5 Å². The molecule has 7 heteroatoms. The SMILES string of the molecule is N#Cc1cc(Cn2ccc(NC(=O)Cc3ccc(C4(C#N)CC4)cc3)n2)ccc1F. The van der Waals surface area contributed by atoms with Gasteiger partial charge in [0, 0.05) is 12.3 Å². The monoisotopic (exact) mass is 399 g/mol. The molecule has 1 N–H and O–H groups in total. The van der Waals surface area contributed by atoms with Crippen LogP contribution in [0.2, 0.25) is 0 Å². The molecule has 1 aliphatic carbocycles. The zero-order valence-electron chi connectivity index (χ0n) is 16.1. The van der Waals surface area contributed by atoms with E-state index in [2.05, 4.69) is 16.5 Å². The summed E-state index contributed by atoms with van der Waals surface area (Å²) in [7, 11) is 0. The maximum Gasteiger partial charge on any atom is 0.229 e. The summed E-state index contributed by atoms with van der Waals surface area (Å²) in [6.07, 6.45) is 3.69. The predicted octanol–water partition coefficient (Wildman–Crippen LogP) is 3.68. The number of amides is 1. The Hall–Kier alpha value is -3.97. The molecule has 30 heavy (non-hydrogen) atoms. The van der Waals surface area contributed by atoms with Gasteiger partial charge in [0.15, 0.2) is 5.82 Å². The highest BCUT2D eigenvalue weighted by Gasteiger charge is 2.44. The molecule has 0 spiro atoms. The molecule has 2 aromatic carbocycles. The molecule has 4 rings (SSSR count). The molecule has 0 atom stereocenters. The molecule has 3 aromatic rings. The Morgan fingerprint density at radius 1 is 1.13 bits per heavy atom. The van der Waals surface area contributed by atoms with Crippen LogP contribution in [-0.4, -0.2) is 15.7 Å². The molecule has 1 heterocycles. The first kappa shape index (κ1) is 19.4. The predicted molar refractivity (Wildman–Crippen MR) is 108 cm³/mol. The number of benzene rings is 2. The quantitative estimate of drug-likeness (QED) is 0.684. The van der Waals surface area contributed by atoms with Crippen LogP contribution in [0.15, 0.2) is 54.7 Å². The molecule has 0 bridgehead atoms. The zero-order valence-corrected chi connectivity index (χ0v) is 16.1. The summed E-state index contributed by atoms with van der Waals surface area (Å²) < 4.78 is 15.0. The Morgan fingerprint density at radius 2 is 1.87 bits per heavy atom. The number of nitriles is 2. The molecule has 1 aliphatic rings. The van der Waals surface area contributed by atoms with Gasteiger partial charge in [-0.2, -0.15) is 15.6 Å². The number of halogens is 1. The Labute approximate surface area is 173 Å². The van der Waals surface area contributed by atoms with Crippen molar-refractivity contribution in [3.63, 3.8) is 0 Å². The number of hydrogen-bond donors (Lipinski definition) is 1. The fourth-order valence-corrected chi connectivity index (χ4v) is 3.36. The van der Waals surface area contributed by atoms with Crippen LogP contribution < -0.4 is 5.32 Å². The van der Waals surface area contributed by atoms with Gasteiger partial charge in [-0.25, -0.2) is 4.39 Å². The van der Waals surface area contributed by atoms with Crippen LogP contribution in [0.25, 0.3) is 0 Å². The Bertz CT molecular complexity index is 1180. The molecule has 1 saturated carbocycles. The fraction of sp³-hybridized carbons (Fsp3) is 0.217. The van der Waals surface area contributed by atoms with Gasteiger partial charge in [0.2, 0.25) is 5.91 Å². The van der Waals surface area contributed by atoms with Crippen LogP contribution in [0, 0.1) is 28.5 Å². The van der Waals surface area contributed by atoms with E-state index in [0.29, 0.717) is 12.4 Å². The van der Waals surface area contributed by atoms with Crippen LogP contribution in [-0.2, 0) is 23.2 Å². The molecule has 6 nitrogen and oxygen atoms in total. The fourth-order valence-electron chi connectivity index (χ4n) is 3.36. The number of nitrogens with one attached hydrogen (secondary N) is 1. The number of hydrogen-bond acceptors (Lipinski definition) is 4. The van der Waals surface area contributed by atoms with E-state index in [1.165, 1.54) is 12.1 Å². The van der Waals surface area contributed by atoms with E-state index >= 15 is 0 Å². The number of rotatable bonds is 6. The lowest BCUT2D eigenvalue weighted by Crippen LogP contribution is -2.15. The Balaban J connectivity index is 1.35. The molecule has 1 aromatic heterocycles. The number of carbonyl (C=O) groups is 1. The third-order valence-corrected chi connectivity index (χ3v) is 5.24. The first-order valence-corrected chi connectivity index (χ1v) is 9.54. The molecule has 0 saturated heterocycles. The van der Waals surface area contributed by atoms with Crippen LogP contribution in [0.1, 0.15) is 35.1 Å². The van der Waals surface area contributed by atoms with Gasteiger partial charge in [-0.3, -0.25) is 9.48 Å². The van der Waals surface area contributed by atoms with Crippen molar-refractivity contribution in [3.05, 3.63) is 82.8 Å². The van der Waals surface area contributed by atoms with E-state index < -0.39 is 5.82 Å². The number of aromatic nitrogens is 2. The smallest absolute Gasteiger partial charge is 0.229 e. The van der Waals surface area contributed by atoms with Crippen LogP contribution in [0.4, 0.5) is 10.2 Å². The summed E-state index contributed by atoms with van der Waals surface area (Å²) in [6, 6.07) is 17.8. The topological polar surface area (TPSA) is 94.5 Å². The van der Waals surface area contributed by atoms with E-state index in [9.17, 15) is 14.4 Å². The van der Waals surface area contributed by atoms with E-state index in [1.807, 2.05) is 30.3 Å². The third kappa shape index (κ3) is 4.06. The average molecular weight is 399 g/mol. The average Bonchev–Trinajstić information content (AvgIpc) is 3.44. The normalized spacial score (nSPS) is 13.8. The standard InChI is InChI=1S/C23H18FN5O/c24-20-6-3-17(11-18(20)13-25)14-29-10-7-21(28-29)27-22(30)12-16-1-4-19(5-2-16)23(15-26)8-9-23/h1-7,10-11H,8-9,12,14H2,(H,27,28,30). The van der Waals surface area contributed by atoms with Crippen LogP contribution in [0.5, 0.6) is 0 Å². The van der Waals surface area contributed by atoms with Gasteiger partial charge in [-0.05, 0) is 41.7 Å². The highest BCUT2D eigenvalue weighted by atomic mass is 19.1. The zero-order chi connectivity index (χ0) is 21.1. The van der Waals surface area contributed by atoms with Crippen molar-refractivity contribution >= 4 is 11.7 Å². The summed E-state index contributed by atoms with van der Waals surface area (Å²) >= 11 is 0. The molecular weight excluding hydrogens is 381 g/mol. The first-order valence-electron chi connectivity index (χ1n) is 9.54. The summed E-state index contributed by atoms with van der Waals surface area (Å²) in [5, 5.41) is 25.3. The van der Waals surface area contributed by atoms with Crippen molar-refractivity contribution < 1.29 is 9.18 Å². The number of carbonyl (C=O) groups excluding carboxylic acids is 1. The lowest BCUT2D eigenvalue weighted by atomic mass is 9.96. The minimum Gasteiger partial charge on any atom is -0.309 e. The second-order valence-corrected chi connectivity index (χ2v) is 7.44. The van der Waals surface area contributed by atoms with Gasteiger partial charge in [0.25, 0.3) is 0 Å². The highest BCUT2D eigenvalue weighted by molar-refractivity contribution is 5.91. The van der Waals surface area contributed by atoms with E-state index in [0.717, 1.165) is 29.5 Å². The van der Waals surface area contributed by atoms with Gasteiger partial charge in [-0.1, -0.05) is 30.3 Å². The third-order valence-electron chi connectivity index (χ3n) is 5.24. The van der Waals surface area contributed by atoms with E-state index in [-0.39, 0.29) is 23.3 Å². The summed E-state index contributed by atoms with van der Waals surface area (Å²) in [5.41, 5.74) is 2.26. The Morgan fingerprint density at radius 3 is 2.53 bits per heavy atom. The lowest BCUT2D eigenvalue weighted by Gasteiger charge is -2.07. The highest BCUT2D eigenvalue weighted by Crippen LogP contribution is 2.47. The molecular formula is C23H18FN5O. The summed E-state index contributed by atoms with van der Waals surface area (Å²) in [6.45, 7) is 0.354. The number of anilines is 1.